The van der Waals surface area contributed by atoms with Gasteiger partial charge in [0.1, 0.15) is 0 Å². The number of nitrogens with zero attached hydrogens (tertiary/aromatic N) is 2. The van der Waals surface area contributed by atoms with Crippen molar-refractivity contribution in [3.8, 4) is 0 Å². The van der Waals surface area contributed by atoms with E-state index in [-0.39, 0.29) is 0 Å². The fourth-order valence-corrected chi connectivity index (χ4v) is 3.34. The lowest BCUT2D eigenvalue weighted by Crippen LogP contribution is -2.43. The standard InChI is InChI=1S/C12H29N3O2S/c1-5-10-15(11-6-2)18(16,17)14(4)12-8-9-13-7-3/h13H,5-12H2,1-4H3. The average Bonchev–Trinajstić information content (AvgIpc) is 2.34. The zero-order valence-electron chi connectivity index (χ0n) is 12.3. The lowest BCUT2D eigenvalue weighted by atomic mass is 10.4. The molecular formula is C12H29N3O2S. The van der Waals surface area contributed by atoms with Crippen LogP contribution in [0.25, 0.3) is 0 Å². The van der Waals surface area contributed by atoms with Crippen molar-refractivity contribution in [2.75, 3.05) is 39.8 Å². The van der Waals surface area contributed by atoms with Crippen LogP contribution in [-0.4, -0.2) is 56.8 Å². The third kappa shape index (κ3) is 6.13. The van der Waals surface area contributed by atoms with E-state index in [2.05, 4.69) is 5.32 Å². The van der Waals surface area contributed by atoms with Gasteiger partial charge in [-0.1, -0.05) is 20.8 Å². The molecule has 0 aromatic heterocycles. The van der Waals surface area contributed by atoms with E-state index < -0.39 is 10.2 Å². The van der Waals surface area contributed by atoms with Crippen LogP contribution in [0.15, 0.2) is 0 Å². The van der Waals surface area contributed by atoms with E-state index in [0.717, 1.165) is 32.4 Å². The Labute approximate surface area is 113 Å². The molecule has 0 fully saturated rings. The highest BCUT2D eigenvalue weighted by molar-refractivity contribution is 7.86. The first kappa shape index (κ1) is 17.8. The molecule has 0 atom stereocenters. The van der Waals surface area contributed by atoms with Crippen molar-refractivity contribution in [1.29, 1.82) is 0 Å². The van der Waals surface area contributed by atoms with Gasteiger partial charge in [0, 0.05) is 26.7 Å². The molecule has 0 bridgehead atoms. The number of hydrogen-bond donors (Lipinski definition) is 1. The monoisotopic (exact) mass is 279 g/mol. The molecule has 0 aromatic rings. The van der Waals surface area contributed by atoms with Crippen LogP contribution >= 0.6 is 0 Å². The van der Waals surface area contributed by atoms with E-state index in [9.17, 15) is 8.42 Å². The van der Waals surface area contributed by atoms with Crippen molar-refractivity contribution in [2.45, 2.75) is 40.0 Å². The molecule has 0 heterocycles. The summed E-state index contributed by atoms with van der Waals surface area (Å²) in [5, 5.41) is 3.20. The van der Waals surface area contributed by atoms with Crippen molar-refractivity contribution in [2.24, 2.45) is 0 Å². The maximum absolute atomic E-state index is 12.3. The van der Waals surface area contributed by atoms with E-state index in [4.69, 9.17) is 0 Å². The van der Waals surface area contributed by atoms with Gasteiger partial charge >= 0.3 is 0 Å². The van der Waals surface area contributed by atoms with Crippen LogP contribution in [0.4, 0.5) is 0 Å². The Kier molecular flexibility index (Phi) is 9.63. The van der Waals surface area contributed by atoms with Gasteiger partial charge < -0.3 is 5.32 Å². The summed E-state index contributed by atoms with van der Waals surface area (Å²) >= 11 is 0. The molecule has 0 rings (SSSR count). The molecule has 110 valence electrons. The molecule has 0 aliphatic carbocycles. The first-order valence-electron chi connectivity index (χ1n) is 6.92. The quantitative estimate of drug-likeness (QED) is 0.580. The number of hydrogen-bond acceptors (Lipinski definition) is 3. The maximum atomic E-state index is 12.3. The maximum Gasteiger partial charge on any atom is 0.281 e. The van der Waals surface area contributed by atoms with Crippen molar-refractivity contribution in [3.05, 3.63) is 0 Å². The second kappa shape index (κ2) is 9.72. The average molecular weight is 279 g/mol. The zero-order chi connectivity index (χ0) is 14.0. The third-order valence-corrected chi connectivity index (χ3v) is 4.73. The Morgan fingerprint density at radius 3 is 2.00 bits per heavy atom. The van der Waals surface area contributed by atoms with E-state index in [1.807, 2.05) is 20.8 Å². The molecule has 0 radical (unpaired) electrons. The summed E-state index contributed by atoms with van der Waals surface area (Å²) in [5.74, 6) is 0. The molecule has 5 nitrogen and oxygen atoms in total. The molecule has 0 saturated heterocycles. The van der Waals surface area contributed by atoms with Crippen molar-refractivity contribution in [1.82, 2.24) is 13.9 Å². The molecular weight excluding hydrogens is 250 g/mol. The molecule has 0 aliphatic rings. The minimum atomic E-state index is -3.27. The highest BCUT2D eigenvalue weighted by Crippen LogP contribution is 2.08. The Hall–Kier alpha value is -0.170. The van der Waals surface area contributed by atoms with Crippen molar-refractivity contribution >= 4 is 10.2 Å². The van der Waals surface area contributed by atoms with Crippen LogP contribution in [-0.2, 0) is 10.2 Å². The summed E-state index contributed by atoms with van der Waals surface area (Å²) in [5.41, 5.74) is 0. The van der Waals surface area contributed by atoms with Gasteiger partial charge in [0.15, 0.2) is 0 Å². The topological polar surface area (TPSA) is 52.7 Å². The van der Waals surface area contributed by atoms with Gasteiger partial charge in [0.05, 0.1) is 0 Å². The third-order valence-electron chi connectivity index (χ3n) is 2.74. The van der Waals surface area contributed by atoms with E-state index in [1.165, 1.54) is 4.31 Å². The largest absolute Gasteiger partial charge is 0.317 e. The molecule has 0 saturated carbocycles. The lowest BCUT2D eigenvalue weighted by molar-refractivity contribution is 0.355. The van der Waals surface area contributed by atoms with Gasteiger partial charge in [-0.3, -0.25) is 0 Å². The summed E-state index contributed by atoms with van der Waals surface area (Å²) < 4.78 is 27.7. The minimum Gasteiger partial charge on any atom is -0.317 e. The molecule has 18 heavy (non-hydrogen) atoms. The predicted octanol–water partition coefficient (Wildman–Crippen LogP) is 1.28. The van der Waals surface area contributed by atoms with Crippen LogP contribution in [0.1, 0.15) is 40.0 Å². The zero-order valence-corrected chi connectivity index (χ0v) is 13.1. The first-order chi connectivity index (χ1) is 8.50. The summed E-state index contributed by atoms with van der Waals surface area (Å²) in [6.45, 7) is 9.62. The van der Waals surface area contributed by atoms with Gasteiger partial charge in [-0.05, 0) is 32.4 Å². The smallest absolute Gasteiger partial charge is 0.281 e. The van der Waals surface area contributed by atoms with E-state index >= 15 is 0 Å². The molecule has 6 heteroatoms. The molecule has 0 amide bonds. The summed E-state index contributed by atoms with van der Waals surface area (Å²) in [6.07, 6.45) is 2.55. The van der Waals surface area contributed by atoms with Crippen LogP contribution in [0.2, 0.25) is 0 Å². The molecule has 0 unspecified atom stereocenters. The molecule has 0 aliphatic heterocycles. The Morgan fingerprint density at radius 2 is 1.56 bits per heavy atom. The Morgan fingerprint density at radius 1 is 1.00 bits per heavy atom. The van der Waals surface area contributed by atoms with Crippen LogP contribution in [0.5, 0.6) is 0 Å². The summed E-state index contributed by atoms with van der Waals surface area (Å²) in [7, 11) is -1.61. The van der Waals surface area contributed by atoms with Crippen molar-refractivity contribution < 1.29 is 8.42 Å². The Balaban J connectivity index is 4.37. The highest BCUT2D eigenvalue weighted by Gasteiger charge is 2.24. The van der Waals surface area contributed by atoms with E-state index in [0.29, 0.717) is 19.6 Å². The highest BCUT2D eigenvalue weighted by atomic mass is 32.2. The molecule has 1 N–H and O–H groups in total. The van der Waals surface area contributed by atoms with Gasteiger partial charge in [-0.2, -0.15) is 17.0 Å². The summed E-state index contributed by atoms with van der Waals surface area (Å²) in [6, 6.07) is 0. The molecule has 0 spiro atoms. The lowest BCUT2D eigenvalue weighted by Gasteiger charge is -2.27. The van der Waals surface area contributed by atoms with Crippen molar-refractivity contribution in [3.63, 3.8) is 0 Å². The second-order valence-corrected chi connectivity index (χ2v) is 6.47. The number of nitrogens with one attached hydrogen (secondary N) is 1. The van der Waals surface area contributed by atoms with Crippen LogP contribution in [0, 0.1) is 0 Å². The second-order valence-electron chi connectivity index (χ2n) is 4.44. The van der Waals surface area contributed by atoms with Gasteiger partial charge in [-0.15, -0.1) is 0 Å². The van der Waals surface area contributed by atoms with Gasteiger partial charge in [0.25, 0.3) is 10.2 Å². The number of rotatable bonds is 11. The first-order valence-corrected chi connectivity index (χ1v) is 8.32. The Bertz CT molecular complexity index is 288. The normalized spacial score (nSPS) is 12.6. The SMILES string of the molecule is CCCN(CCC)S(=O)(=O)N(C)CCCNCC. The molecule has 0 aromatic carbocycles. The fourth-order valence-electron chi connectivity index (χ4n) is 1.76. The van der Waals surface area contributed by atoms with Gasteiger partial charge in [-0.25, -0.2) is 0 Å². The van der Waals surface area contributed by atoms with Crippen LogP contribution < -0.4 is 5.32 Å². The minimum absolute atomic E-state index is 0.569. The van der Waals surface area contributed by atoms with Crippen LogP contribution in [0.3, 0.4) is 0 Å². The van der Waals surface area contributed by atoms with E-state index in [1.54, 1.807) is 11.4 Å². The fraction of sp³-hybridized carbons (Fsp3) is 1.00. The van der Waals surface area contributed by atoms with Gasteiger partial charge in [0.2, 0.25) is 0 Å². The summed E-state index contributed by atoms with van der Waals surface area (Å²) in [4.78, 5) is 0. The predicted molar refractivity (Wildman–Crippen MR) is 76.9 cm³/mol.